The molecule has 0 radical (unpaired) electrons. The minimum absolute atomic E-state index is 0.182. The minimum atomic E-state index is -0.918. The lowest BCUT2D eigenvalue weighted by Crippen LogP contribution is -2.57. The molecule has 7 rings (SSSR count). The molecule has 0 saturated heterocycles. The molecule has 2 fully saturated rings. The summed E-state index contributed by atoms with van der Waals surface area (Å²) in [6.45, 7) is 12.4. The fourth-order valence-corrected chi connectivity index (χ4v) is 8.09. The van der Waals surface area contributed by atoms with Crippen molar-refractivity contribution in [1.82, 2.24) is 30.4 Å². The molecule has 2 aliphatic carbocycles. The molecule has 2 heterocycles. The Morgan fingerprint density at radius 2 is 1.16 bits per heavy atom. The van der Waals surface area contributed by atoms with Crippen molar-refractivity contribution in [3.05, 3.63) is 72.1 Å². The summed E-state index contributed by atoms with van der Waals surface area (Å²) in [4.78, 5) is 68.0. The van der Waals surface area contributed by atoms with Gasteiger partial charge in [-0.15, -0.1) is 0 Å². The molecule has 3 aliphatic rings. The molecule has 4 aromatic rings. The second kappa shape index (κ2) is 14.6. The topological polar surface area (TPSA) is 158 Å². The number of ether oxygens (including phenoxy) is 2. The monoisotopic (exact) mass is 789 g/mol. The van der Waals surface area contributed by atoms with E-state index in [1.54, 1.807) is 14.1 Å². The van der Waals surface area contributed by atoms with Crippen molar-refractivity contribution in [2.45, 2.75) is 96.8 Å². The summed E-state index contributed by atoms with van der Waals surface area (Å²) >= 11 is 0. The van der Waals surface area contributed by atoms with Gasteiger partial charge < -0.3 is 25.1 Å². The number of hydrogen-bond donors (Lipinski definition) is 3. The van der Waals surface area contributed by atoms with Crippen LogP contribution in [0.5, 0.6) is 0 Å². The number of rotatable bonds is 10. The van der Waals surface area contributed by atoms with Crippen LogP contribution in [0.2, 0.25) is 0 Å². The maximum absolute atomic E-state index is 13.6. The lowest BCUT2D eigenvalue weighted by atomic mass is 9.82. The number of methoxy groups -OCH3 is 2. The Morgan fingerprint density at radius 1 is 0.690 bits per heavy atom. The predicted molar refractivity (Wildman–Crippen MR) is 224 cm³/mol. The summed E-state index contributed by atoms with van der Waals surface area (Å²) in [6, 6.07) is 20.1. The van der Waals surface area contributed by atoms with Gasteiger partial charge in [-0.25, -0.2) is 14.6 Å². The van der Waals surface area contributed by atoms with Gasteiger partial charge in [-0.1, -0.05) is 77.9 Å². The lowest BCUT2D eigenvalue weighted by Gasteiger charge is -2.34. The summed E-state index contributed by atoms with van der Waals surface area (Å²) in [5.74, 6) is 0.250. The molecule has 3 N–H and O–H groups in total. The van der Waals surface area contributed by atoms with Gasteiger partial charge in [-0.2, -0.15) is 0 Å². The molecular formula is C45H55N7O6. The highest BCUT2D eigenvalue weighted by Gasteiger charge is 2.57. The van der Waals surface area contributed by atoms with E-state index in [-0.39, 0.29) is 28.7 Å². The van der Waals surface area contributed by atoms with Gasteiger partial charge in [0.05, 0.1) is 43.0 Å². The number of fused-ring (bicyclic) bond motifs is 2. The summed E-state index contributed by atoms with van der Waals surface area (Å²) in [5.41, 5.74) is 6.25. The van der Waals surface area contributed by atoms with E-state index in [0.717, 1.165) is 50.2 Å². The van der Waals surface area contributed by atoms with Crippen molar-refractivity contribution in [1.29, 1.82) is 0 Å². The van der Waals surface area contributed by atoms with Crippen LogP contribution in [0.15, 0.2) is 65.7 Å². The van der Waals surface area contributed by atoms with E-state index in [0.29, 0.717) is 37.9 Å². The van der Waals surface area contributed by atoms with Crippen molar-refractivity contribution in [3.8, 4) is 22.3 Å². The zero-order chi connectivity index (χ0) is 41.9. The number of aromatic amines is 1. The third-order valence-corrected chi connectivity index (χ3v) is 12.1. The quantitative estimate of drug-likeness (QED) is 0.148. The molecule has 0 spiro atoms. The van der Waals surface area contributed by atoms with E-state index in [1.165, 1.54) is 24.0 Å². The number of aromatic nitrogens is 2. The van der Waals surface area contributed by atoms with Gasteiger partial charge in [0, 0.05) is 26.2 Å². The maximum Gasteiger partial charge on any atom is 0.410 e. The fourth-order valence-electron chi connectivity index (χ4n) is 8.09. The van der Waals surface area contributed by atoms with Crippen molar-refractivity contribution < 1.29 is 28.7 Å². The van der Waals surface area contributed by atoms with Gasteiger partial charge in [0.15, 0.2) is 0 Å². The first-order valence-electron chi connectivity index (χ1n) is 19.9. The smallest absolute Gasteiger partial charge is 0.410 e. The number of carbonyl (C=O) groups excluding carboxylic acids is 4. The lowest BCUT2D eigenvalue weighted by molar-refractivity contribution is -0.129. The first-order chi connectivity index (χ1) is 27.3. The summed E-state index contributed by atoms with van der Waals surface area (Å²) < 4.78 is 9.79. The number of H-pyrrole nitrogens is 1. The molecule has 2 saturated carbocycles. The highest BCUT2D eigenvalue weighted by molar-refractivity contribution is 6.03. The molecular weight excluding hydrogens is 735 g/mol. The third-order valence-electron chi connectivity index (χ3n) is 12.1. The number of likely N-dealkylation sites (N-methyl/N-ethyl adjacent to an activating group) is 2. The average Bonchev–Trinajstić information content (AvgIpc) is 4.10. The fraction of sp³-hybridized carbons (Fsp3) is 0.467. The Morgan fingerprint density at radius 3 is 1.64 bits per heavy atom. The molecule has 13 nitrogen and oxygen atoms in total. The number of amides is 4. The number of hydrogen-bond acceptors (Lipinski definition) is 8. The molecule has 0 bridgehead atoms. The van der Waals surface area contributed by atoms with Crippen LogP contribution < -0.4 is 10.6 Å². The van der Waals surface area contributed by atoms with Crippen LogP contribution >= 0.6 is 0 Å². The molecule has 13 heteroatoms. The van der Waals surface area contributed by atoms with Crippen LogP contribution in [-0.4, -0.2) is 94.9 Å². The molecule has 0 unspecified atom stereocenters. The molecule has 306 valence electrons. The van der Waals surface area contributed by atoms with Crippen molar-refractivity contribution in [3.63, 3.8) is 0 Å². The van der Waals surface area contributed by atoms with Crippen LogP contribution in [0.1, 0.15) is 84.7 Å². The Labute approximate surface area is 340 Å². The van der Waals surface area contributed by atoms with Crippen LogP contribution in [0, 0.1) is 10.8 Å². The van der Waals surface area contributed by atoms with Crippen LogP contribution in [0.3, 0.4) is 0 Å². The Kier molecular flexibility index (Phi) is 10.2. The van der Waals surface area contributed by atoms with Crippen molar-refractivity contribution >= 4 is 46.4 Å². The molecule has 2 atom stereocenters. The van der Waals surface area contributed by atoms with E-state index in [9.17, 15) is 19.2 Å². The standard InChI is InChI=1S/C45H55N7O6/c1-42(2,3)35(49-38(53)44(19-20-44)51(7)40(55)57-9)34-25-30-23-28(15-17-31(30)46-34)26-11-13-27(14-12-26)29-16-18-32-33(24-29)48-37(47-32)36(43(4,5)6)50-39(54)45(21-22-45)52(8)41(56)58-10/h11-18,23-24,35-36H,19-22,25H2,1-10H3,(H,47,48)(H,49,53)(H,50,54)/t35-,36-/m1/s1. The first kappa shape index (κ1) is 40.5. The minimum Gasteiger partial charge on any atom is -0.453 e. The number of nitrogens with zero attached hydrogens (tertiary/aromatic N) is 4. The summed E-state index contributed by atoms with van der Waals surface area (Å²) in [7, 11) is 5.85. The van der Waals surface area contributed by atoms with E-state index < -0.39 is 29.3 Å². The molecule has 58 heavy (non-hydrogen) atoms. The van der Waals surface area contributed by atoms with E-state index in [4.69, 9.17) is 19.5 Å². The van der Waals surface area contributed by atoms with Gasteiger partial charge in [0.25, 0.3) is 0 Å². The van der Waals surface area contributed by atoms with Gasteiger partial charge in [-0.05, 0) is 88.6 Å². The van der Waals surface area contributed by atoms with E-state index in [2.05, 4.69) is 99.6 Å². The number of benzene rings is 3. The summed E-state index contributed by atoms with van der Waals surface area (Å²) in [6.07, 6.45) is 1.88. The first-order valence-corrected chi connectivity index (χ1v) is 19.9. The van der Waals surface area contributed by atoms with Gasteiger partial charge >= 0.3 is 12.2 Å². The van der Waals surface area contributed by atoms with Crippen molar-refractivity contribution in [2.75, 3.05) is 28.3 Å². The maximum atomic E-state index is 13.6. The normalized spacial score (nSPS) is 17.3. The van der Waals surface area contributed by atoms with Crippen LogP contribution in [-0.2, 0) is 25.5 Å². The summed E-state index contributed by atoms with van der Waals surface area (Å²) in [5, 5.41) is 6.45. The number of aliphatic imine (C=N–C) groups is 1. The number of nitrogens with one attached hydrogen (secondary N) is 3. The average molecular weight is 790 g/mol. The Bertz CT molecular complexity index is 2310. The second-order valence-corrected chi connectivity index (χ2v) is 18.2. The van der Waals surface area contributed by atoms with E-state index >= 15 is 0 Å². The zero-order valence-corrected chi connectivity index (χ0v) is 35.2. The Balaban J connectivity index is 1.05. The highest BCUT2D eigenvalue weighted by Crippen LogP contribution is 2.44. The predicted octanol–water partition coefficient (Wildman–Crippen LogP) is 7.72. The zero-order valence-electron chi connectivity index (χ0n) is 35.2. The van der Waals surface area contributed by atoms with E-state index in [1.807, 2.05) is 18.2 Å². The molecule has 1 aliphatic heterocycles. The largest absolute Gasteiger partial charge is 0.453 e. The number of carbonyl (C=O) groups is 4. The van der Waals surface area contributed by atoms with Gasteiger partial charge in [0.2, 0.25) is 11.8 Å². The Hall–Kier alpha value is -5.72. The molecule has 4 amide bonds. The second-order valence-electron chi connectivity index (χ2n) is 18.2. The van der Waals surface area contributed by atoms with Crippen molar-refractivity contribution in [2.24, 2.45) is 15.8 Å². The third kappa shape index (κ3) is 7.42. The number of imidazole rings is 1. The van der Waals surface area contributed by atoms with Crippen LogP contribution in [0.25, 0.3) is 33.3 Å². The molecule has 1 aromatic heterocycles. The van der Waals surface area contributed by atoms with Crippen LogP contribution in [0.4, 0.5) is 15.3 Å². The van der Waals surface area contributed by atoms with Gasteiger partial charge in [-0.3, -0.25) is 24.4 Å². The molecule has 3 aromatic carbocycles. The van der Waals surface area contributed by atoms with Gasteiger partial charge in [0.1, 0.15) is 16.9 Å². The SMILES string of the molecule is COC(=O)N(C)C1(C(=O)N[C@H](C2=Nc3ccc(-c4ccc(-c5ccc6nc([C@@H](NC(=O)C7(N(C)C(=O)OC)CC7)C(C)(C)C)[nH]c6c5)cc4)cc3C2)C(C)(C)C)CC1. The highest BCUT2D eigenvalue weighted by atomic mass is 16.5.